The maximum absolute atomic E-state index is 12.9. The summed E-state index contributed by atoms with van der Waals surface area (Å²) in [5.41, 5.74) is 4.96. The van der Waals surface area contributed by atoms with Gasteiger partial charge in [0.15, 0.2) is 0 Å². The summed E-state index contributed by atoms with van der Waals surface area (Å²) >= 11 is 6.30. The quantitative estimate of drug-likeness (QED) is 0.516. The van der Waals surface area contributed by atoms with Crippen LogP contribution in [0.3, 0.4) is 0 Å². The molecule has 0 spiro atoms. The van der Waals surface area contributed by atoms with Crippen LogP contribution < -0.4 is 0 Å². The third-order valence-electron chi connectivity index (χ3n) is 5.45. The van der Waals surface area contributed by atoms with Crippen molar-refractivity contribution in [3.63, 3.8) is 0 Å². The smallest absolute Gasteiger partial charge is 0.247 e. The fourth-order valence-corrected chi connectivity index (χ4v) is 3.80. The van der Waals surface area contributed by atoms with E-state index < -0.39 is 0 Å². The largest absolute Gasteiger partial charge is 0.332 e. The van der Waals surface area contributed by atoms with Crippen molar-refractivity contribution < 1.29 is 4.79 Å². The van der Waals surface area contributed by atoms with Gasteiger partial charge >= 0.3 is 0 Å². The molecule has 1 aliphatic rings. The molecule has 2 heterocycles. The Balaban J connectivity index is 1.51. The van der Waals surface area contributed by atoms with Gasteiger partial charge in [-0.15, -0.1) is 0 Å². The standard InChI is InChI=1S/C24H25ClN4O/c1-17-22(18(2)29(27-17)16-20-7-3-4-8-23(20)25)11-12-24(30)28(21-9-10-21)15-19-6-5-13-26-14-19/h3-8,11-14,21H,9-10,15-16H2,1-2H3/b12-11+. The van der Waals surface area contributed by atoms with Crippen LogP contribution in [0, 0.1) is 13.8 Å². The number of aryl methyl sites for hydroxylation is 1. The molecule has 30 heavy (non-hydrogen) atoms. The molecule has 0 radical (unpaired) electrons. The fourth-order valence-electron chi connectivity index (χ4n) is 3.61. The zero-order valence-corrected chi connectivity index (χ0v) is 18.0. The van der Waals surface area contributed by atoms with Gasteiger partial charge in [-0.1, -0.05) is 35.9 Å². The van der Waals surface area contributed by atoms with Gasteiger partial charge in [0.1, 0.15) is 0 Å². The Morgan fingerprint density at radius 3 is 2.73 bits per heavy atom. The van der Waals surface area contributed by atoms with Crippen LogP contribution in [0.5, 0.6) is 0 Å². The molecular formula is C24H25ClN4O. The molecular weight excluding hydrogens is 396 g/mol. The van der Waals surface area contributed by atoms with E-state index in [1.54, 1.807) is 12.3 Å². The highest BCUT2D eigenvalue weighted by Crippen LogP contribution is 2.29. The molecule has 1 fully saturated rings. The van der Waals surface area contributed by atoms with Crippen molar-refractivity contribution in [3.05, 3.63) is 88.0 Å². The molecule has 2 aromatic heterocycles. The monoisotopic (exact) mass is 420 g/mol. The fraction of sp³-hybridized carbons (Fsp3) is 0.292. The number of rotatable bonds is 7. The van der Waals surface area contributed by atoms with Gasteiger partial charge in [-0.05, 0) is 56.0 Å². The molecule has 0 N–H and O–H groups in total. The van der Waals surface area contributed by atoms with E-state index in [1.165, 1.54) is 0 Å². The normalized spacial score (nSPS) is 13.7. The molecule has 0 aliphatic heterocycles. The van der Waals surface area contributed by atoms with Gasteiger partial charge in [-0.2, -0.15) is 5.10 Å². The van der Waals surface area contributed by atoms with E-state index in [0.717, 1.165) is 45.9 Å². The molecule has 6 heteroatoms. The Morgan fingerprint density at radius 1 is 1.23 bits per heavy atom. The van der Waals surface area contributed by atoms with E-state index in [-0.39, 0.29) is 5.91 Å². The topological polar surface area (TPSA) is 51.0 Å². The Kier molecular flexibility index (Phi) is 6.00. The lowest BCUT2D eigenvalue weighted by Crippen LogP contribution is -2.31. The SMILES string of the molecule is Cc1nn(Cc2ccccc2Cl)c(C)c1/C=C/C(=O)N(Cc1cccnc1)C1CC1. The Hall–Kier alpha value is -2.92. The van der Waals surface area contributed by atoms with Crippen LogP contribution in [-0.4, -0.2) is 31.6 Å². The number of halogens is 1. The van der Waals surface area contributed by atoms with Crippen LogP contribution in [-0.2, 0) is 17.9 Å². The molecule has 0 bridgehead atoms. The Bertz CT molecular complexity index is 1070. The molecule has 4 rings (SSSR count). The molecule has 1 aromatic carbocycles. The number of pyridine rings is 1. The van der Waals surface area contributed by atoms with Crippen molar-refractivity contribution in [2.24, 2.45) is 0 Å². The van der Waals surface area contributed by atoms with E-state index in [2.05, 4.69) is 10.1 Å². The van der Waals surface area contributed by atoms with Gasteiger partial charge in [-0.25, -0.2) is 0 Å². The van der Waals surface area contributed by atoms with Crippen LogP contribution in [0.4, 0.5) is 0 Å². The third-order valence-corrected chi connectivity index (χ3v) is 5.82. The number of hydrogen-bond acceptors (Lipinski definition) is 3. The van der Waals surface area contributed by atoms with Crippen molar-refractivity contribution in [3.8, 4) is 0 Å². The minimum Gasteiger partial charge on any atom is -0.332 e. The lowest BCUT2D eigenvalue weighted by molar-refractivity contribution is -0.127. The number of amides is 1. The van der Waals surface area contributed by atoms with Crippen molar-refractivity contribution in [1.29, 1.82) is 0 Å². The van der Waals surface area contributed by atoms with Crippen LogP contribution in [0.25, 0.3) is 6.08 Å². The van der Waals surface area contributed by atoms with Crippen LogP contribution in [0.2, 0.25) is 5.02 Å². The minimum atomic E-state index is 0.0269. The molecule has 1 saturated carbocycles. The first-order chi connectivity index (χ1) is 14.5. The minimum absolute atomic E-state index is 0.0269. The first-order valence-electron chi connectivity index (χ1n) is 10.2. The van der Waals surface area contributed by atoms with Gasteiger partial charge in [0, 0.05) is 47.3 Å². The number of carbonyl (C=O) groups excluding carboxylic acids is 1. The van der Waals surface area contributed by atoms with Crippen molar-refractivity contribution in [2.45, 2.75) is 45.8 Å². The second kappa shape index (κ2) is 8.84. The highest BCUT2D eigenvalue weighted by atomic mass is 35.5. The Labute approximate surface area is 182 Å². The van der Waals surface area contributed by atoms with Crippen LogP contribution >= 0.6 is 11.6 Å². The lowest BCUT2D eigenvalue weighted by atomic mass is 10.1. The zero-order valence-electron chi connectivity index (χ0n) is 17.3. The highest BCUT2D eigenvalue weighted by Gasteiger charge is 2.31. The predicted octanol–water partition coefficient (Wildman–Crippen LogP) is 4.80. The summed E-state index contributed by atoms with van der Waals surface area (Å²) in [6.07, 6.45) is 9.26. The number of carbonyl (C=O) groups is 1. The maximum atomic E-state index is 12.9. The highest BCUT2D eigenvalue weighted by molar-refractivity contribution is 6.31. The van der Waals surface area contributed by atoms with E-state index in [1.807, 2.05) is 72.1 Å². The first-order valence-corrected chi connectivity index (χ1v) is 10.6. The number of aromatic nitrogens is 3. The van der Waals surface area contributed by atoms with Gasteiger partial charge in [-0.3, -0.25) is 14.5 Å². The molecule has 5 nitrogen and oxygen atoms in total. The summed E-state index contributed by atoms with van der Waals surface area (Å²) in [6.45, 7) is 5.18. The van der Waals surface area contributed by atoms with Crippen molar-refractivity contribution >= 4 is 23.6 Å². The molecule has 3 aromatic rings. The van der Waals surface area contributed by atoms with E-state index >= 15 is 0 Å². The number of benzene rings is 1. The Morgan fingerprint density at radius 2 is 2.03 bits per heavy atom. The second-order valence-electron chi connectivity index (χ2n) is 7.73. The summed E-state index contributed by atoms with van der Waals surface area (Å²) in [4.78, 5) is 19.0. The summed E-state index contributed by atoms with van der Waals surface area (Å²) in [6, 6.07) is 12.0. The van der Waals surface area contributed by atoms with Gasteiger partial charge in [0.05, 0.1) is 12.2 Å². The summed E-state index contributed by atoms with van der Waals surface area (Å²) in [7, 11) is 0. The maximum Gasteiger partial charge on any atom is 0.247 e. The van der Waals surface area contributed by atoms with E-state index in [4.69, 9.17) is 11.6 Å². The van der Waals surface area contributed by atoms with E-state index in [9.17, 15) is 4.79 Å². The van der Waals surface area contributed by atoms with Crippen LogP contribution in [0.15, 0.2) is 54.9 Å². The molecule has 0 atom stereocenters. The number of hydrogen-bond donors (Lipinski definition) is 0. The van der Waals surface area contributed by atoms with Crippen LogP contribution in [0.1, 0.15) is 40.9 Å². The summed E-state index contributed by atoms with van der Waals surface area (Å²) < 4.78 is 1.94. The van der Waals surface area contributed by atoms with Gasteiger partial charge in [0.25, 0.3) is 0 Å². The lowest BCUT2D eigenvalue weighted by Gasteiger charge is -2.20. The van der Waals surface area contributed by atoms with Crippen molar-refractivity contribution in [1.82, 2.24) is 19.7 Å². The average Bonchev–Trinajstić information content (AvgIpc) is 3.55. The second-order valence-corrected chi connectivity index (χ2v) is 8.13. The molecule has 1 aliphatic carbocycles. The average molecular weight is 421 g/mol. The summed E-state index contributed by atoms with van der Waals surface area (Å²) in [5, 5.41) is 5.39. The van der Waals surface area contributed by atoms with Crippen molar-refractivity contribution in [2.75, 3.05) is 0 Å². The first kappa shape index (κ1) is 20.4. The molecule has 0 saturated heterocycles. The third kappa shape index (κ3) is 4.62. The molecule has 0 unspecified atom stereocenters. The van der Waals surface area contributed by atoms with Gasteiger partial charge < -0.3 is 4.90 Å². The van der Waals surface area contributed by atoms with E-state index in [0.29, 0.717) is 19.1 Å². The zero-order chi connectivity index (χ0) is 21.1. The summed E-state index contributed by atoms with van der Waals surface area (Å²) in [5.74, 6) is 0.0269. The number of nitrogens with zero attached hydrogens (tertiary/aromatic N) is 4. The molecule has 1 amide bonds. The van der Waals surface area contributed by atoms with Gasteiger partial charge in [0.2, 0.25) is 5.91 Å². The predicted molar refractivity (Wildman–Crippen MR) is 119 cm³/mol. The molecule has 154 valence electrons.